The quantitative estimate of drug-likeness (QED) is 0.626. The number of aliphatic hydroxyl groups is 1. The molecule has 30 heavy (non-hydrogen) atoms. The molecule has 1 aromatic heterocycles. The Morgan fingerprint density at radius 2 is 1.53 bits per heavy atom. The van der Waals surface area contributed by atoms with Crippen molar-refractivity contribution in [1.29, 1.82) is 0 Å². The van der Waals surface area contributed by atoms with Crippen molar-refractivity contribution in [1.82, 2.24) is 4.90 Å². The molecule has 4 rings (SSSR count). The second-order valence-electron chi connectivity index (χ2n) is 7.88. The zero-order valence-electron chi connectivity index (χ0n) is 17.2. The number of hydrogen-bond donors (Lipinski definition) is 1. The molecule has 2 heterocycles. The van der Waals surface area contributed by atoms with Crippen LogP contribution in [0.4, 0.5) is 0 Å². The number of hydrogen-bond acceptors (Lipinski definition) is 3. The predicted octanol–water partition coefficient (Wildman–Crippen LogP) is 4.78. The van der Waals surface area contributed by atoms with Crippen LogP contribution in [0.5, 0.6) is 0 Å². The highest BCUT2D eigenvalue weighted by atomic mass is 16.3. The van der Waals surface area contributed by atoms with E-state index in [1.807, 2.05) is 84.6 Å². The highest BCUT2D eigenvalue weighted by Crippen LogP contribution is 2.41. The van der Waals surface area contributed by atoms with Gasteiger partial charge in [0.2, 0.25) is 5.91 Å². The zero-order chi connectivity index (χ0) is 21.0. The van der Waals surface area contributed by atoms with Crippen LogP contribution < -0.4 is 0 Å². The number of amides is 1. The van der Waals surface area contributed by atoms with Crippen LogP contribution >= 0.6 is 0 Å². The minimum Gasteiger partial charge on any atom is -0.462 e. The summed E-state index contributed by atoms with van der Waals surface area (Å²) in [6.07, 6.45) is 4.75. The normalized spacial score (nSPS) is 15.6. The number of carbonyl (C=O) groups is 1. The van der Waals surface area contributed by atoms with Crippen LogP contribution in [0.3, 0.4) is 0 Å². The molecule has 0 unspecified atom stereocenters. The van der Waals surface area contributed by atoms with Gasteiger partial charge in [0, 0.05) is 19.2 Å². The Kier molecular flexibility index (Phi) is 5.86. The van der Waals surface area contributed by atoms with Gasteiger partial charge in [0.15, 0.2) is 0 Å². The van der Waals surface area contributed by atoms with Gasteiger partial charge >= 0.3 is 0 Å². The van der Waals surface area contributed by atoms with Gasteiger partial charge in [-0.15, -0.1) is 0 Å². The lowest BCUT2D eigenvalue weighted by molar-refractivity contribution is -0.128. The molecule has 1 aliphatic rings. The molecule has 1 saturated heterocycles. The first-order chi connectivity index (χ1) is 14.6. The fourth-order valence-corrected chi connectivity index (χ4v) is 4.34. The fraction of sp³-hybridized carbons (Fsp3) is 0.269. The zero-order valence-corrected chi connectivity index (χ0v) is 17.2. The van der Waals surface area contributed by atoms with E-state index < -0.39 is 5.60 Å². The Morgan fingerprint density at radius 1 is 0.967 bits per heavy atom. The number of likely N-dealkylation sites (tertiary alicyclic amines) is 1. The van der Waals surface area contributed by atoms with Gasteiger partial charge in [0.05, 0.1) is 0 Å². The van der Waals surface area contributed by atoms with Gasteiger partial charge in [-0.2, -0.15) is 0 Å². The molecule has 154 valence electrons. The molecular weight excluding hydrogens is 374 g/mol. The number of piperidine rings is 1. The molecule has 1 fully saturated rings. The van der Waals surface area contributed by atoms with Crippen molar-refractivity contribution in [3.05, 3.63) is 102 Å². The van der Waals surface area contributed by atoms with E-state index in [1.165, 1.54) is 0 Å². The van der Waals surface area contributed by atoms with E-state index in [0.717, 1.165) is 29.7 Å². The van der Waals surface area contributed by atoms with Gasteiger partial charge in [-0.3, -0.25) is 4.79 Å². The molecule has 1 N–H and O–H groups in total. The lowest BCUT2D eigenvalue weighted by atomic mass is 9.72. The highest BCUT2D eigenvalue weighted by molar-refractivity contribution is 5.91. The molecule has 0 bridgehead atoms. The molecule has 0 spiro atoms. The molecule has 1 aliphatic heterocycles. The smallest absolute Gasteiger partial charge is 0.246 e. The van der Waals surface area contributed by atoms with Crippen LogP contribution in [0.15, 0.2) is 83.3 Å². The van der Waals surface area contributed by atoms with Crippen LogP contribution in [0, 0.1) is 12.8 Å². The summed E-state index contributed by atoms with van der Waals surface area (Å²) in [5.41, 5.74) is 0.724. The summed E-state index contributed by atoms with van der Waals surface area (Å²) in [6, 6.07) is 23.4. The van der Waals surface area contributed by atoms with E-state index in [9.17, 15) is 9.90 Å². The van der Waals surface area contributed by atoms with Crippen LogP contribution in [0.1, 0.15) is 35.5 Å². The Balaban J connectivity index is 1.49. The van der Waals surface area contributed by atoms with E-state index in [2.05, 4.69) is 0 Å². The van der Waals surface area contributed by atoms with Gasteiger partial charge < -0.3 is 14.4 Å². The van der Waals surface area contributed by atoms with Gasteiger partial charge in [-0.25, -0.2) is 0 Å². The molecule has 2 aromatic carbocycles. The maximum Gasteiger partial charge on any atom is 0.246 e. The molecule has 0 radical (unpaired) electrons. The summed E-state index contributed by atoms with van der Waals surface area (Å²) >= 11 is 0. The van der Waals surface area contributed by atoms with Crippen molar-refractivity contribution in [3.63, 3.8) is 0 Å². The van der Waals surface area contributed by atoms with Crippen LogP contribution in [0.2, 0.25) is 0 Å². The summed E-state index contributed by atoms with van der Waals surface area (Å²) < 4.78 is 5.49. The third-order valence-corrected chi connectivity index (χ3v) is 5.98. The summed E-state index contributed by atoms with van der Waals surface area (Å²) in [7, 11) is 0. The van der Waals surface area contributed by atoms with Gasteiger partial charge in [-0.1, -0.05) is 60.7 Å². The van der Waals surface area contributed by atoms with Crippen molar-refractivity contribution in [3.8, 4) is 0 Å². The number of nitrogens with zero attached hydrogens (tertiary/aromatic N) is 1. The minimum absolute atomic E-state index is 0.0227. The minimum atomic E-state index is -1.07. The van der Waals surface area contributed by atoms with Gasteiger partial charge in [-0.05, 0) is 55.0 Å². The second-order valence-corrected chi connectivity index (χ2v) is 7.88. The summed E-state index contributed by atoms with van der Waals surface area (Å²) in [5, 5.41) is 11.9. The SMILES string of the molecule is Cc1ccc(C=CC(=O)N2CCC(C(O)(c3ccccc3)c3ccccc3)CC2)o1. The maximum absolute atomic E-state index is 12.6. The topological polar surface area (TPSA) is 53.7 Å². The predicted molar refractivity (Wildman–Crippen MR) is 118 cm³/mol. The fourth-order valence-electron chi connectivity index (χ4n) is 4.34. The van der Waals surface area contributed by atoms with E-state index in [0.29, 0.717) is 18.8 Å². The number of carbonyl (C=O) groups excluding carboxylic acids is 1. The second kappa shape index (κ2) is 8.72. The number of rotatable bonds is 5. The van der Waals surface area contributed by atoms with Gasteiger partial charge in [0.1, 0.15) is 17.1 Å². The largest absolute Gasteiger partial charge is 0.462 e. The van der Waals surface area contributed by atoms with E-state index in [-0.39, 0.29) is 11.8 Å². The average molecular weight is 402 g/mol. The summed E-state index contributed by atoms with van der Waals surface area (Å²) in [5.74, 6) is 1.51. The molecule has 4 nitrogen and oxygen atoms in total. The Bertz CT molecular complexity index is 960. The molecule has 0 saturated carbocycles. The number of benzene rings is 2. The molecule has 4 heteroatoms. The third kappa shape index (κ3) is 4.10. The molecule has 3 aromatic rings. The maximum atomic E-state index is 12.6. The first-order valence-electron chi connectivity index (χ1n) is 10.4. The van der Waals surface area contributed by atoms with Crippen LogP contribution in [-0.2, 0) is 10.4 Å². The lowest BCUT2D eigenvalue weighted by Gasteiger charge is -2.42. The van der Waals surface area contributed by atoms with Crippen molar-refractivity contribution in [2.45, 2.75) is 25.4 Å². The monoisotopic (exact) mass is 401 g/mol. The Labute approximate surface area is 177 Å². The molecule has 1 amide bonds. The van der Waals surface area contributed by atoms with Crippen molar-refractivity contribution in [2.75, 3.05) is 13.1 Å². The Morgan fingerprint density at radius 3 is 2.03 bits per heavy atom. The van der Waals surface area contributed by atoms with E-state index >= 15 is 0 Å². The number of furan rings is 1. The third-order valence-electron chi connectivity index (χ3n) is 5.98. The summed E-state index contributed by atoms with van der Waals surface area (Å²) in [6.45, 7) is 3.12. The van der Waals surface area contributed by atoms with Gasteiger partial charge in [0.25, 0.3) is 0 Å². The molecular formula is C26H27NO3. The molecule has 0 atom stereocenters. The first-order valence-corrected chi connectivity index (χ1v) is 10.4. The van der Waals surface area contributed by atoms with Crippen molar-refractivity contribution in [2.24, 2.45) is 5.92 Å². The molecule has 0 aliphatic carbocycles. The van der Waals surface area contributed by atoms with Crippen molar-refractivity contribution < 1.29 is 14.3 Å². The highest BCUT2D eigenvalue weighted by Gasteiger charge is 2.41. The van der Waals surface area contributed by atoms with Crippen molar-refractivity contribution >= 4 is 12.0 Å². The number of aryl methyl sites for hydroxylation is 1. The van der Waals surface area contributed by atoms with Crippen LogP contribution in [0.25, 0.3) is 6.08 Å². The standard InChI is InChI=1S/C26H27NO3/c1-20-12-13-24(30-20)14-15-25(28)27-18-16-23(17-19-27)26(29,21-8-4-2-5-9-21)22-10-6-3-7-11-22/h2-15,23,29H,16-19H2,1H3. The van der Waals surface area contributed by atoms with E-state index in [1.54, 1.807) is 12.2 Å². The van der Waals surface area contributed by atoms with Crippen LogP contribution in [-0.4, -0.2) is 29.0 Å². The summed E-state index contributed by atoms with van der Waals surface area (Å²) in [4.78, 5) is 14.5. The average Bonchev–Trinajstić information content (AvgIpc) is 3.23. The Hall–Kier alpha value is -3.11. The lowest BCUT2D eigenvalue weighted by Crippen LogP contribution is -2.45. The van der Waals surface area contributed by atoms with E-state index in [4.69, 9.17) is 4.42 Å². The first kappa shape index (κ1) is 20.2.